The number of fused-ring (bicyclic) bond motifs is 2. The third-order valence-electron chi connectivity index (χ3n) is 3.54. The molecule has 1 aliphatic rings. The fourth-order valence-corrected chi connectivity index (χ4v) is 2.48. The Balaban J connectivity index is 2.12. The Kier molecular flexibility index (Phi) is 2.81. The lowest BCUT2D eigenvalue weighted by Gasteiger charge is -2.27. The second kappa shape index (κ2) is 4.50. The Morgan fingerprint density at radius 1 is 1.42 bits per heavy atom. The molecule has 0 aliphatic carbocycles. The third kappa shape index (κ3) is 1.91. The SMILES string of the molecule is CCC(=O)N1CCc2nc3ccccn3c(=O)c2C1. The summed E-state index contributed by atoms with van der Waals surface area (Å²) < 4.78 is 1.54. The van der Waals surface area contributed by atoms with E-state index in [1.54, 1.807) is 21.6 Å². The lowest BCUT2D eigenvalue weighted by atomic mass is 10.1. The standard InChI is InChI=1S/C14H15N3O2/c1-2-13(18)16-8-6-11-10(9-16)14(19)17-7-4-3-5-12(17)15-11/h3-5,7H,2,6,8-9H2,1H3. The van der Waals surface area contributed by atoms with Crippen LogP contribution < -0.4 is 5.56 Å². The zero-order valence-corrected chi connectivity index (χ0v) is 10.8. The maximum absolute atomic E-state index is 12.4. The Labute approximate surface area is 110 Å². The summed E-state index contributed by atoms with van der Waals surface area (Å²) in [7, 11) is 0. The number of hydrogen-bond acceptors (Lipinski definition) is 3. The summed E-state index contributed by atoms with van der Waals surface area (Å²) in [5.41, 5.74) is 2.09. The zero-order chi connectivity index (χ0) is 13.4. The lowest BCUT2D eigenvalue weighted by molar-refractivity contribution is -0.131. The van der Waals surface area contributed by atoms with Crippen molar-refractivity contribution >= 4 is 11.6 Å². The van der Waals surface area contributed by atoms with E-state index in [9.17, 15) is 9.59 Å². The molecule has 0 radical (unpaired) electrons. The molecule has 0 bridgehead atoms. The minimum absolute atomic E-state index is 0.0609. The van der Waals surface area contributed by atoms with Gasteiger partial charge in [-0.05, 0) is 12.1 Å². The maximum atomic E-state index is 12.4. The van der Waals surface area contributed by atoms with Crippen molar-refractivity contribution in [3.05, 3.63) is 46.0 Å². The maximum Gasteiger partial charge on any atom is 0.263 e. The summed E-state index contributed by atoms with van der Waals surface area (Å²) in [6.07, 6.45) is 2.84. The van der Waals surface area contributed by atoms with Gasteiger partial charge in [-0.3, -0.25) is 14.0 Å². The molecule has 0 N–H and O–H groups in total. The molecule has 0 saturated carbocycles. The highest BCUT2D eigenvalue weighted by molar-refractivity contribution is 5.76. The molecule has 2 aromatic rings. The Morgan fingerprint density at radius 3 is 3.05 bits per heavy atom. The molecule has 98 valence electrons. The van der Waals surface area contributed by atoms with E-state index >= 15 is 0 Å². The van der Waals surface area contributed by atoms with Crippen LogP contribution in [0.2, 0.25) is 0 Å². The smallest absolute Gasteiger partial charge is 0.263 e. The van der Waals surface area contributed by atoms with E-state index < -0.39 is 0 Å². The van der Waals surface area contributed by atoms with Gasteiger partial charge in [0.25, 0.3) is 5.56 Å². The molecule has 1 aliphatic heterocycles. The van der Waals surface area contributed by atoms with E-state index in [0.29, 0.717) is 37.1 Å². The van der Waals surface area contributed by atoms with Crippen LogP contribution in [0.25, 0.3) is 5.65 Å². The molecule has 5 nitrogen and oxygen atoms in total. The van der Waals surface area contributed by atoms with Crippen LogP contribution in [-0.4, -0.2) is 26.7 Å². The van der Waals surface area contributed by atoms with Gasteiger partial charge in [-0.2, -0.15) is 0 Å². The molecule has 0 aromatic carbocycles. The minimum Gasteiger partial charge on any atom is -0.338 e. The van der Waals surface area contributed by atoms with E-state index in [2.05, 4.69) is 4.98 Å². The van der Waals surface area contributed by atoms with Crippen molar-refractivity contribution in [1.82, 2.24) is 14.3 Å². The van der Waals surface area contributed by atoms with E-state index in [1.165, 1.54) is 0 Å². The predicted molar refractivity (Wildman–Crippen MR) is 70.9 cm³/mol. The van der Waals surface area contributed by atoms with E-state index in [1.807, 2.05) is 19.1 Å². The van der Waals surface area contributed by atoms with Gasteiger partial charge in [0.05, 0.1) is 17.8 Å². The van der Waals surface area contributed by atoms with Gasteiger partial charge >= 0.3 is 0 Å². The predicted octanol–water partition coefficient (Wildman–Crippen LogP) is 0.989. The highest BCUT2D eigenvalue weighted by Crippen LogP contribution is 2.15. The average molecular weight is 257 g/mol. The summed E-state index contributed by atoms with van der Waals surface area (Å²) in [6, 6.07) is 5.50. The fraction of sp³-hybridized carbons (Fsp3) is 0.357. The monoisotopic (exact) mass is 257 g/mol. The number of rotatable bonds is 1. The quantitative estimate of drug-likeness (QED) is 0.765. The Bertz CT molecular complexity index is 705. The Morgan fingerprint density at radius 2 is 2.26 bits per heavy atom. The molecule has 1 amide bonds. The zero-order valence-electron chi connectivity index (χ0n) is 10.8. The van der Waals surface area contributed by atoms with E-state index in [4.69, 9.17) is 0 Å². The average Bonchev–Trinajstić information content (AvgIpc) is 2.46. The van der Waals surface area contributed by atoms with Crippen molar-refractivity contribution in [2.45, 2.75) is 26.3 Å². The minimum atomic E-state index is -0.0609. The first-order chi connectivity index (χ1) is 9.20. The molecule has 3 heterocycles. The number of aromatic nitrogens is 2. The van der Waals surface area contributed by atoms with Crippen LogP contribution in [0.4, 0.5) is 0 Å². The number of carbonyl (C=O) groups excluding carboxylic acids is 1. The van der Waals surface area contributed by atoms with Crippen molar-refractivity contribution in [2.75, 3.05) is 6.54 Å². The van der Waals surface area contributed by atoms with Crippen molar-refractivity contribution in [3.8, 4) is 0 Å². The summed E-state index contributed by atoms with van der Waals surface area (Å²) in [5.74, 6) is 0.0863. The second-order valence-corrected chi connectivity index (χ2v) is 4.69. The highest BCUT2D eigenvalue weighted by Gasteiger charge is 2.23. The normalized spacial score (nSPS) is 14.5. The fourth-order valence-electron chi connectivity index (χ4n) is 2.48. The van der Waals surface area contributed by atoms with E-state index in [0.717, 1.165) is 5.69 Å². The summed E-state index contributed by atoms with van der Waals surface area (Å²) >= 11 is 0. The molecule has 0 spiro atoms. The lowest BCUT2D eigenvalue weighted by Crippen LogP contribution is -2.39. The van der Waals surface area contributed by atoms with Gasteiger partial charge < -0.3 is 4.90 Å². The number of nitrogens with zero attached hydrogens (tertiary/aromatic N) is 3. The first-order valence-electron chi connectivity index (χ1n) is 6.47. The van der Waals surface area contributed by atoms with Crippen molar-refractivity contribution in [2.24, 2.45) is 0 Å². The molecule has 19 heavy (non-hydrogen) atoms. The molecule has 0 fully saturated rings. The summed E-state index contributed by atoms with van der Waals surface area (Å²) in [5, 5.41) is 0. The van der Waals surface area contributed by atoms with Gasteiger partial charge in [0.15, 0.2) is 0 Å². The molecule has 0 atom stereocenters. The van der Waals surface area contributed by atoms with Gasteiger partial charge in [0, 0.05) is 25.6 Å². The van der Waals surface area contributed by atoms with Gasteiger partial charge in [-0.1, -0.05) is 13.0 Å². The molecule has 0 unspecified atom stereocenters. The number of amides is 1. The molecule has 5 heteroatoms. The molecule has 3 rings (SSSR count). The summed E-state index contributed by atoms with van der Waals surface area (Å²) in [6.45, 7) is 2.87. The van der Waals surface area contributed by atoms with Crippen molar-refractivity contribution in [1.29, 1.82) is 0 Å². The van der Waals surface area contributed by atoms with Crippen molar-refractivity contribution in [3.63, 3.8) is 0 Å². The topological polar surface area (TPSA) is 54.7 Å². The number of pyridine rings is 1. The third-order valence-corrected chi connectivity index (χ3v) is 3.54. The number of hydrogen-bond donors (Lipinski definition) is 0. The van der Waals surface area contributed by atoms with Crippen LogP contribution in [0.5, 0.6) is 0 Å². The first kappa shape index (κ1) is 11.9. The largest absolute Gasteiger partial charge is 0.338 e. The van der Waals surface area contributed by atoms with Gasteiger partial charge in [0.1, 0.15) is 5.65 Å². The Hall–Kier alpha value is -2.17. The van der Waals surface area contributed by atoms with Crippen LogP contribution in [0, 0.1) is 0 Å². The van der Waals surface area contributed by atoms with Crippen molar-refractivity contribution < 1.29 is 4.79 Å². The number of carbonyl (C=O) groups is 1. The van der Waals surface area contributed by atoms with Crippen LogP contribution >= 0.6 is 0 Å². The van der Waals surface area contributed by atoms with Gasteiger partial charge in [-0.25, -0.2) is 4.98 Å². The van der Waals surface area contributed by atoms with Crippen LogP contribution in [-0.2, 0) is 17.8 Å². The highest BCUT2D eigenvalue weighted by atomic mass is 16.2. The van der Waals surface area contributed by atoms with Crippen LogP contribution in [0.3, 0.4) is 0 Å². The van der Waals surface area contributed by atoms with Crippen LogP contribution in [0.15, 0.2) is 29.2 Å². The second-order valence-electron chi connectivity index (χ2n) is 4.69. The van der Waals surface area contributed by atoms with Gasteiger partial charge in [0.2, 0.25) is 5.91 Å². The summed E-state index contributed by atoms with van der Waals surface area (Å²) in [4.78, 5) is 30.4. The first-order valence-corrected chi connectivity index (χ1v) is 6.47. The van der Waals surface area contributed by atoms with Gasteiger partial charge in [-0.15, -0.1) is 0 Å². The molecule has 2 aromatic heterocycles. The molecular weight excluding hydrogens is 242 g/mol. The molecule has 0 saturated heterocycles. The van der Waals surface area contributed by atoms with E-state index in [-0.39, 0.29) is 11.5 Å². The van der Waals surface area contributed by atoms with Crippen LogP contribution in [0.1, 0.15) is 24.6 Å². The molecular formula is C14H15N3O2.